The molecule has 8 heteroatoms. The molecular weight excluding hydrogens is 423 g/mol. The summed E-state index contributed by atoms with van der Waals surface area (Å²) in [4.78, 5) is 20.0. The number of aliphatic imine (C=N–C) groups is 1. The molecule has 0 bridgehead atoms. The summed E-state index contributed by atoms with van der Waals surface area (Å²) < 4.78 is 10.6. The van der Waals surface area contributed by atoms with Gasteiger partial charge in [-0.2, -0.15) is 0 Å². The smallest absolute Gasteiger partial charge is 0.243 e. The Morgan fingerprint density at radius 3 is 2.75 bits per heavy atom. The molecule has 0 spiro atoms. The number of hydrogen-bond acceptors (Lipinski definition) is 4. The van der Waals surface area contributed by atoms with E-state index in [1.54, 1.807) is 26.1 Å². The molecule has 0 aromatic rings. The average molecular weight is 456 g/mol. The summed E-state index contributed by atoms with van der Waals surface area (Å²) in [5, 5.41) is 3.35. The first kappa shape index (κ1) is 23.4. The van der Waals surface area contributed by atoms with E-state index in [2.05, 4.69) is 22.1 Å². The Balaban J connectivity index is 0.00000529. The summed E-state index contributed by atoms with van der Waals surface area (Å²) in [5.41, 5.74) is 0. The Kier molecular flexibility index (Phi) is 13.3. The summed E-state index contributed by atoms with van der Waals surface area (Å²) in [6, 6.07) is 0. The number of carbonyl (C=O) groups is 1. The highest BCUT2D eigenvalue weighted by molar-refractivity contribution is 14.0. The van der Waals surface area contributed by atoms with Gasteiger partial charge in [0.25, 0.3) is 0 Å². The quantitative estimate of drug-likeness (QED) is 0.243. The van der Waals surface area contributed by atoms with Crippen LogP contribution in [0.4, 0.5) is 0 Å². The molecule has 1 N–H and O–H groups in total. The number of guanidine groups is 1. The minimum absolute atomic E-state index is 0. The lowest BCUT2D eigenvalue weighted by atomic mass is 10.1. The minimum Gasteiger partial charge on any atom is -0.382 e. The van der Waals surface area contributed by atoms with Gasteiger partial charge in [0.1, 0.15) is 6.54 Å². The fourth-order valence-corrected chi connectivity index (χ4v) is 2.34. The fraction of sp³-hybridized carbons (Fsp3) is 0.875. The van der Waals surface area contributed by atoms with Crippen LogP contribution in [0.5, 0.6) is 0 Å². The first-order chi connectivity index (χ1) is 11.1. The number of nitrogens with zero attached hydrogens (tertiary/aromatic N) is 3. The van der Waals surface area contributed by atoms with Crippen LogP contribution in [0.25, 0.3) is 0 Å². The van der Waals surface area contributed by atoms with Crippen molar-refractivity contribution in [3.63, 3.8) is 0 Å². The number of carbonyl (C=O) groups excluding carboxylic acids is 1. The van der Waals surface area contributed by atoms with Gasteiger partial charge in [0, 0.05) is 46.8 Å². The number of rotatable bonds is 9. The van der Waals surface area contributed by atoms with Crippen molar-refractivity contribution >= 4 is 35.8 Å². The zero-order valence-electron chi connectivity index (χ0n) is 15.4. The van der Waals surface area contributed by atoms with E-state index in [0.29, 0.717) is 19.1 Å². The molecule has 142 valence electrons. The van der Waals surface area contributed by atoms with Crippen LogP contribution in [-0.4, -0.2) is 88.9 Å². The van der Waals surface area contributed by atoms with E-state index < -0.39 is 0 Å². The van der Waals surface area contributed by atoms with Crippen molar-refractivity contribution in [3.05, 3.63) is 0 Å². The van der Waals surface area contributed by atoms with Gasteiger partial charge in [-0.3, -0.25) is 4.79 Å². The Bertz CT molecular complexity index is 380. The normalized spacial score (nSPS) is 17.6. The number of likely N-dealkylation sites (tertiary alicyclic amines) is 1. The molecule has 0 aliphatic carbocycles. The zero-order chi connectivity index (χ0) is 17.1. The minimum atomic E-state index is 0. The molecule has 1 unspecified atom stereocenters. The van der Waals surface area contributed by atoms with Gasteiger partial charge in [-0.15, -0.1) is 24.0 Å². The molecule has 1 aliphatic rings. The van der Waals surface area contributed by atoms with Gasteiger partial charge in [0.2, 0.25) is 5.91 Å². The van der Waals surface area contributed by atoms with Crippen molar-refractivity contribution in [1.29, 1.82) is 0 Å². The molecule has 1 saturated heterocycles. The van der Waals surface area contributed by atoms with Gasteiger partial charge >= 0.3 is 0 Å². The lowest BCUT2D eigenvalue weighted by molar-refractivity contribution is -0.127. The SMILES string of the molecule is CCCNC(=NCC(=O)N(C)C)N1CCC(COCCOC)C1.I. The summed E-state index contributed by atoms with van der Waals surface area (Å²) in [5.74, 6) is 1.35. The second-order valence-corrected chi connectivity index (χ2v) is 6.02. The number of halogens is 1. The van der Waals surface area contributed by atoms with E-state index in [-0.39, 0.29) is 36.4 Å². The topological polar surface area (TPSA) is 66.4 Å². The molecule has 24 heavy (non-hydrogen) atoms. The third-order valence-electron chi connectivity index (χ3n) is 3.77. The van der Waals surface area contributed by atoms with E-state index in [0.717, 1.165) is 45.0 Å². The second-order valence-electron chi connectivity index (χ2n) is 6.02. The number of hydrogen-bond donors (Lipinski definition) is 1. The predicted molar refractivity (Wildman–Crippen MR) is 107 cm³/mol. The molecule has 1 fully saturated rings. The van der Waals surface area contributed by atoms with Gasteiger partial charge in [-0.05, 0) is 12.8 Å². The molecule has 1 rings (SSSR count). The lowest BCUT2D eigenvalue weighted by Crippen LogP contribution is -2.41. The van der Waals surface area contributed by atoms with Gasteiger partial charge in [-0.1, -0.05) is 6.92 Å². The largest absolute Gasteiger partial charge is 0.382 e. The number of ether oxygens (including phenoxy) is 2. The Morgan fingerprint density at radius 2 is 2.12 bits per heavy atom. The monoisotopic (exact) mass is 456 g/mol. The molecule has 0 aromatic heterocycles. The van der Waals surface area contributed by atoms with E-state index in [9.17, 15) is 4.79 Å². The lowest BCUT2D eigenvalue weighted by Gasteiger charge is -2.22. The van der Waals surface area contributed by atoms with Crippen molar-refractivity contribution in [3.8, 4) is 0 Å². The molecule has 0 saturated carbocycles. The third-order valence-corrected chi connectivity index (χ3v) is 3.77. The van der Waals surface area contributed by atoms with Crippen LogP contribution in [0.3, 0.4) is 0 Å². The van der Waals surface area contributed by atoms with Crippen molar-refractivity contribution in [2.45, 2.75) is 19.8 Å². The maximum Gasteiger partial charge on any atom is 0.243 e. The Hall–Kier alpha value is -0.610. The summed E-state index contributed by atoms with van der Waals surface area (Å²) in [6.07, 6.45) is 2.11. The predicted octanol–water partition coefficient (Wildman–Crippen LogP) is 1.03. The highest BCUT2D eigenvalue weighted by Gasteiger charge is 2.25. The van der Waals surface area contributed by atoms with Crippen LogP contribution < -0.4 is 5.32 Å². The Labute approximate surface area is 163 Å². The van der Waals surface area contributed by atoms with Crippen molar-refractivity contribution in [1.82, 2.24) is 15.1 Å². The molecule has 1 amide bonds. The molecule has 7 nitrogen and oxygen atoms in total. The summed E-state index contributed by atoms with van der Waals surface area (Å²) in [7, 11) is 5.18. The van der Waals surface area contributed by atoms with Crippen molar-refractivity contribution < 1.29 is 14.3 Å². The first-order valence-electron chi connectivity index (χ1n) is 8.38. The second kappa shape index (κ2) is 13.7. The molecule has 0 aromatic carbocycles. The number of amides is 1. The van der Waals surface area contributed by atoms with Crippen molar-refractivity contribution in [2.24, 2.45) is 10.9 Å². The number of methoxy groups -OCH3 is 1. The maximum absolute atomic E-state index is 11.7. The summed E-state index contributed by atoms with van der Waals surface area (Å²) >= 11 is 0. The van der Waals surface area contributed by atoms with E-state index in [1.165, 1.54) is 0 Å². The molecule has 0 radical (unpaired) electrons. The average Bonchev–Trinajstić information content (AvgIpc) is 3.00. The zero-order valence-corrected chi connectivity index (χ0v) is 17.7. The first-order valence-corrected chi connectivity index (χ1v) is 8.38. The maximum atomic E-state index is 11.7. The summed E-state index contributed by atoms with van der Waals surface area (Å²) in [6.45, 7) is 7.05. The third kappa shape index (κ3) is 9.03. The van der Waals surface area contributed by atoms with E-state index in [1.807, 2.05) is 0 Å². The van der Waals surface area contributed by atoms with Crippen LogP contribution in [0.1, 0.15) is 19.8 Å². The van der Waals surface area contributed by atoms with Crippen LogP contribution in [0.15, 0.2) is 4.99 Å². The number of likely N-dealkylation sites (N-methyl/N-ethyl adjacent to an activating group) is 1. The fourth-order valence-electron chi connectivity index (χ4n) is 2.34. The molecule has 1 heterocycles. The van der Waals surface area contributed by atoms with Crippen LogP contribution >= 0.6 is 24.0 Å². The molecular formula is C16H33IN4O3. The highest BCUT2D eigenvalue weighted by Crippen LogP contribution is 2.16. The highest BCUT2D eigenvalue weighted by atomic mass is 127. The van der Waals surface area contributed by atoms with E-state index >= 15 is 0 Å². The Morgan fingerprint density at radius 1 is 1.38 bits per heavy atom. The van der Waals surface area contributed by atoms with E-state index in [4.69, 9.17) is 9.47 Å². The standard InChI is InChI=1S/C16H32N4O3.HI/c1-5-7-17-16(18-11-15(21)19(2)3)20-8-6-14(12-20)13-23-10-9-22-4;/h14H,5-13H2,1-4H3,(H,17,18);1H. The van der Waals surface area contributed by atoms with Crippen LogP contribution in [0.2, 0.25) is 0 Å². The van der Waals surface area contributed by atoms with Crippen molar-refractivity contribution in [2.75, 3.05) is 67.2 Å². The van der Waals surface area contributed by atoms with Crippen LogP contribution in [-0.2, 0) is 14.3 Å². The molecule has 1 aliphatic heterocycles. The number of nitrogens with one attached hydrogen (secondary N) is 1. The van der Waals surface area contributed by atoms with Gasteiger partial charge < -0.3 is 24.6 Å². The van der Waals surface area contributed by atoms with Gasteiger partial charge in [-0.25, -0.2) is 4.99 Å². The molecule has 1 atom stereocenters. The van der Waals surface area contributed by atoms with Gasteiger partial charge in [0.05, 0.1) is 19.8 Å². The van der Waals surface area contributed by atoms with Gasteiger partial charge in [0.15, 0.2) is 5.96 Å². The van der Waals surface area contributed by atoms with Crippen LogP contribution in [0, 0.1) is 5.92 Å².